The standard InChI is InChI=1S/C15H19N5/c1-19-14(9-10-16-19)13-7-8-15(18-17-13)20-11-3-2-4-12(20)6-5-11/h7-12H,2-6H2,1H3. The van der Waals surface area contributed by atoms with Gasteiger partial charge in [0.15, 0.2) is 5.82 Å². The quantitative estimate of drug-likeness (QED) is 0.840. The van der Waals surface area contributed by atoms with Crippen LogP contribution in [0.15, 0.2) is 24.4 Å². The molecule has 0 amide bonds. The van der Waals surface area contributed by atoms with Gasteiger partial charge in [-0.1, -0.05) is 0 Å². The van der Waals surface area contributed by atoms with Gasteiger partial charge in [-0.25, -0.2) is 0 Å². The Hall–Kier alpha value is -1.91. The van der Waals surface area contributed by atoms with E-state index in [4.69, 9.17) is 0 Å². The maximum absolute atomic E-state index is 4.48. The van der Waals surface area contributed by atoms with Crippen LogP contribution in [0.2, 0.25) is 0 Å². The number of aryl methyl sites for hydroxylation is 1. The maximum Gasteiger partial charge on any atom is 0.151 e. The van der Waals surface area contributed by atoms with E-state index in [1.165, 1.54) is 32.1 Å². The molecule has 5 nitrogen and oxygen atoms in total. The summed E-state index contributed by atoms with van der Waals surface area (Å²) in [5, 5.41) is 13.1. The van der Waals surface area contributed by atoms with Crippen LogP contribution in [0.5, 0.6) is 0 Å². The third-order valence-electron chi connectivity index (χ3n) is 4.69. The first-order valence-electron chi connectivity index (χ1n) is 7.43. The van der Waals surface area contributed by atoms with Gasteiger partial charge in [-0.2, -0.15) is 5.10 Å². The minimum absolute atomic E-state index is 0.686. The van der Waals surface area contributed by atoms with Crippen LogP contribution in [0.25, 0.3) is 11.4 Å². The van der Waals surface area contributed by atoms with E-state index >= 15 is 0 Å². The van der Waals surface area contributed by atoms with E-state index < -0.39 is 0 Å². The SMILES string of the molecule is Cn1nccc1-c1ccc(N2C3CCCC2CC3)nn1. The van der Waals surface area contributed by atoms with Crippen molar-refractivity contribution in [3.8, 4) is 11.4 Å². The van der Waals surface area contributed by atoms with Crippen LogP contribution in [-0.4, -0.2) is 32.1 Å². The van der Waals surface area contributed by atoms with Gasteiger partial charge >= 0.3 is 0 Å². The Bertz CT molecular complexity index is 587. The van der Waals surface area contributed by atoms with E-state index in [2.05, 4.69) is 32.3 Å². The summed E-state index contributed by atoms with van der Waals surface area (Å²) in [5.74, 6) is 1.04. The molecular formula is C15H19N5. The van der Waals surface area contributed by atoms with Gasteiger partial charge in [-0.05, 0) is 50.3 Å². The normalized spacial score (nSPS) is 25.1. The zero-order valence-electron chi connectivity index (χ0n) is 11.7. The summed E-state index contributed by atoms with van der Waals surface area (Å²) in [6, 6.07) is 7.52. The molecule has 2 saturated heterocycles. The van der Waals surface area contributed by atoms with E-state index in [0.717, 1.165) is 17.2 Å². The lowest BCUT2D eigenvalue weighted by molar-refractivity contribution is 0.463. The van der Waals surface area contributed by atoms with Gasteiger partial charge in [-0.15, -0.1) is 10.2 Å². The Labute approximate surface area is 118 Å². The molecule has 2 aliphatic rings. The summed E-state index contributed by atoms with van der Waals surface area (Å²) in [6.45, 7) is 0. The third kappa shape index (κ3) is 1.80. The molecule has 2 aromatic rings. The summed E-state index contributed by atoms with van der Waals surface area (Å²) in [6.07, 6.45) is 8.40. The molecule has 2 fully saturated rings. The van der Waals surface area contributed by atoms with Gasteiger partial charge in [0.2, 0.25) is 0 Å². The van der Waals surface area contributed by atoms with Gasteiger partial charge in [0.25, 0.3) is 0 Å². The second-order valence-corrected chi connectivity index (χ2v) is 5.84. The van der Waals surface area contributed by atoms with Crippen LogP contribution in [0.4, 0.5) is 5.82 Å². The highest BCUT2D eigenvalue weighted by molar-refractivity contribution is 5.56. The fourth-order valence-electron chi connectivity index (χ4n) is 3.72. The molecule has 104 valence electrons. The number of nitrogens with zero attached hydrogens (tertiary/aromatic N) is 5. The fraction of sp³-hybridized carbons (Fsp3) is 0.533. The lowest BCUT2D eigenvalue weighted by Gasteiger charge is -2.35. The molecule has 4 rings (SSSR count). The molecule has 2 aromatic heterocycles. The highest BCUT2D eigenvalue weighted by Crippen LogP contribution is 2.38. The van der Waals surface area contributed by atoms with E-state index in [9.17, 15) is 0 Å². The number of aromatic nitrogens is 4. The molecular weight excluding hydrogens is 250 g/mol. The van der Waals surface area contributed by atoms with E-state index in [0.29, 0.717) is 12.1 Å². The summed E-state index contributed by atoms with van der Waals surface area (Å²) >= 11 is 0. The molecule has 2 aliphatic heterocycles. The van der Waals surface area contributed by atoms with Crippen molar-refractivity contribution in [3.63, 3.8) is 0 Å². The first-order chi connectivity index (χ1) is 9.83. The minimum atomic E-state index is 0.686. The lowest BCUT2D eigenvalue weighted by atomic mass is 10.0. The Balaban J connectivity index is 1.63. The largest absolute Gasteiger partial charge is 0.349 e. The van der Waals surface area contributed by atoms with Crippen molar-refractivity contribution in [2.75, 3.05) is 4.90 Å². The number of anilines is 1. The molecule has 4 heterocycles. The molecule has 20 heavy (non-hydrogen) atoms. The summed E-state index contributed by atoms with van der Waals surface area (Å²) in [7, 11) is 1.93. The van der Waals surface area contributed by atoms with Crippen LogP contribution in [-0.2, 0) is 7.05 Å². The van der Waals surface area contributed by atoms with Crippen molar-refractivity contribution < 1.29 is 0 Å². The summed E-state index contributed by atoms with van der Waals surface area (Å²) in [5.41, 5.74) is 1.89. The number of hydrogen-bond acceptors (Lipinski definition) is 4. The van der Waals surface area contributed by atoms with Crippen molar-refractivity contribution in [3.05, 3.63) is 24.4 Å². The van der Waals surface area contributed by atoms with Crippen LogP contribution < -0.4 is 4.90 Å². The van der Waals surface area contributed by atoms with Crippen LogP contribution in [0.3, 0.4) is 0 Å². The first kappa shape index (κ1) is 11.9. The third-order valence-corrected chi connectivity index (χ3v) is 4.69. The van der Waals surface area contributed by atoms with Gasteiger partial charge in [0.1, 0.15) is 5.69 Å². The molecule has 2 bridgehead atoms. The van der Waals surface area contributed by atoms with E-state index in [1.54, 1.807) is 6.20 Å². The molecule has 0 saturated carbocycles. The van der Waals surface area contributed by atoms with Gasteiger partial charge in [0, 0.05) is 25.3 Å². The Morgan fingerprint density at radius 3 is 2.40 bits per heavy atom. The highest BCUT2D eigenvalue weighted by atomic mass is 15.3. The minimum Gasteiger partial charge on any atom is -0.349 e. The van der Waals surface area contributed by atoms with Crippen molar-refractivity contribution in [2.45, 2.75) is 44.2 Å². The summed E-state index contributed by atoms with van der Waals surface area (Å²) in [4.78, 5) is 2.50. The first-order valence-corrected chi connectivity index (χ1v) is 7.43. The van der Waals surface area contributed by atoms with Crippen molar-refractivity contribution >= 4 is 5.82 Å². The predicted molar refractivity (Wildman–Crippen MR) is 77.4 cm³/mol. The highest BCUT2D eigenvalue weighted by Gasteiger charge is 2.37. The zero-order valence-corrected chi connectivity index (χ0v) is 11.7. The van der Waals surface area contributed by atoms with Crippen molar-refractivity contribution in [1.29, 1.82) is 0 Å². The average Bonchev–Trinajstić information content (AvgIpc) is 3.00. The molecule has 0 spiro atoms. The number of rotatable bonds is 2. The second kappa shape index (κ2) is 4.58. The topological polar surface area (TPSA) is 46.8 Å². The van der Waals surface area contributed by atoms with Crippen LogP contribution >= 0.6 is 0 Å². The van der Waals surface area contributed by atoms with Gasteiger partial charge < -0.3 is 4.90 Å². The Kier molecular flexibility index (Phi) is 2.72. The van der Waals surface area contributed by atoms with Crippen LogP contribution in [0.1, 0.15) is 32.1 Å². The summed E-state index contributed by atoms with van der Waals surface area (Å²) < 4.78 is 1.83. The lowest BCUT2D eigenvalue weighted by Crippen LogP contribution is -2.40. The fourth-order valence-corrected chi connectivity index (χ4v) is 3.72. The van der Waals surface area contributed by atoms with Crippen LogP contribution in [0, 0.1) is 0 Å². The number of fused-ring (bicyclic) bond motifs is 2. The molecule has 2 unspecified atom stereocenters. The van der Waals surface area contributed by atoms with E-state index in [1.807, 2.05) is 17.8 Å². The maximum atomic E-state index is 4.48. The average molecular weight is 269 g/mol. The monoisotopic (exact) mass is 269 g/mol. The van der Waals surface area contributed by atoms with E-state index in [-0.39, 0.29) is 0 Å². The number of hydrogen-bond donors (Lipinski definition) is 0. The molecule has 0 aromatic carbocycles. The van der Waals surface area contributed by atoms with Gasteiger partial charge in [-0.3, -0.25) is 4.68 Å². The van der Waals surface area contributed by atoms with Crippen molar-refractivity contribution in [2.24, 2.45) is 7.05 Å². The predicted octanol–water partition coefficient (Wildman–Crippen LogP) is 2.40. The Morgan fingerprint density at radius 2 is 1.80 bits per heavy atom. The zero-order chi connectivity index (χ0) is 13.5. The molecule has 0 radical (unpaired) electrons. The van der Waals surface area contributed by atoms with Gasteiger partial charge in [0.05, 0.1) is 5.69 Å². The molecule has 0 N–H and O–H groups in total. The molecule has 2 atom stereocenters. The Morgan fingerprint density at radius 1 is 1.00 bits per heavy atom. The molecule has 5 heteroatoms. The number of piperidine rings is 1. The smallest absolute Gasteiger partial charge is 0.151 e. The van der Waals surface area contributed by atoms with Crippen molar-refractivity contribution in [1.82, 2.24) is 20.0 Å². The molecule has 0 aliphatic carbocycles. The second-order valence-electron chi connectivity index (χ2n) is 5.84.